The van der Waals surface area contributed by atoms with Gasteiger partial charge >= 0.3 is 0 Å². The fourth-order valence-corrected chi connectivity index (χ4v) is 1.32. The van der Waals surface area contributed by atoms with Crippen LogP contribution in [0.4, 0.5) is 0 Å². The maximum absolute atomic E-state index is 11.4. The van der Waals surface area contributed by atoms with Crippen LogP contribution in [0.1, 0.15) is 13.3 Å². The molecular formula is C9H15N3O. The van der Waals surface area contributed by atoms with E-state index >= 15 is 0 Å². The first kappa shape index (κ1) is 10.0. The predicted molar refractivity (Wildman–Crippen MR) is 48.8 cm³/mol. The molecule has 2 unspecified atom stereocenters. The summed E-state index contributed by atoms with van der Waals surface area (Å²) in [5.41, 5.74) is 0. The maximum Gasteiger partial charge on any atom is 0.224 e. The summed E-state index contributed by atoms with van der Waals surface area (Å²) in [5, 5.41) is 14.4. The van der Waals surface area contributed by atoms with Crippen LogP contribution in [0.5, 0.6) is 0 Å². The molecule has 4 heteroatoms. The van der Waals surface area contributed by atoms with E-state index < -0.39 is 0 Å². The van der Waals surface area contributed by atoms with Crippen LogP contribution in [0.15, 0.2) is 0 Å². The molecule has 72 valence electrons. The number of carbonyl (C=O) groups excluding carboxylic acids is 1. The van der Waals surface area contributed by atoms with E-state index in [1.807, 2.05) is 0 Å². The molecule has 1 fully saturated rings. The third kappa shape index (κ3) is 3.03. The summed E-state index contributed by atoms with van der Waals surface area (Å²) >= 11 is 0. The van der Waals surface area contributed by atoms with E-state index in [-0.39, 0.29) is 17.7 Å². The number of nitrogens with zero attached hydrogens (tertiary/aromatic N) is 1. The number of hydrogen-bond donors (Lipinski definition) is 2. The van der Waals surface area contributed by atoms with Crippen LogP contribution in [0.3, 0.4) is 0 Å². The van der Waals surface area contributed by atoms with E-state index in [4.69, 9.17) is 5.26 Å². The van der Waals surface area contributed by atoms with E-state index in [1.54, 1.807) is 6.92 Å². The van der Waals surface area contributed by atoms with E-state index in [0.717, 1.165) is 19.5 Å². The largest absolute Gasteiger partial charge is 0.355 e. The summed E-state index contributed by atoms with van der Waals surface area (Å²) < 4.78 is 0. The minimum absolute atomic E-state index is 0.0760. The first-order valence-corrected chi connectivity index (χ1v) is 4.62. The molecule has 0 aromatic carbocycles. The Hall–Kier alpha value is -1.08. The SMILES string of the molecule is CC(C#N)CNC(=O)C1CCNC1. The first-order chi connectivity index (χ1) is 6.24. The fourth-order valence-electron chi connectivity index (χ4n) is 1.32. The smallest absolute Gasteiger partial charge is 0.224 e. The minimum atomic E-state index is -0.0988. The second-order valence-electron chi connectivity index (χ2n) is 3.47. The van der Waals surface area contributed by atoms with Crippen LogP contribution in [-0.4, -0.2) is 25.5 Å². The van der Waals surface area contributed by atoms with Gasteiger partial charge in [0.1, 0.15) is 0 Å². The highest BCUT2D eigenvalue weighted by Crippen LogP contribution is 2.06. The maximum atomic E-state index is 11.4. The van der Waals surface area contributed by atoms with Gasteiger partial charge in [0.2, 0.25) is 5.91 Å². The molecule has 0 radical (unpaired) electrons. The van der Waals surface area contributed by atoms with Gasteiger partial charge in [0.05, 0.1) is 17.9 Å². The molecule has 1 rings (SSSR count). The lowest BCUT2D eigenvalue weighted by molar-refractivity contribution is -0.124. The zero-order valence-electron chi connectivity index (χ0n) is 7.84. The molecule has 1 amide bonds. The van der Waals surface area contributed by atoms with Crippen molar-refractivity contribution < 1.29 is 4.79 Å². The van der Waals surface area contributed by atoms with E-state index in [9.17, 15) is 4.79 Å². The molecular weight excluding hydrogens is 166 g/mol. The van der Waals surface area contributed by atoms with Crippen molar-refractivity contribution in [2.24, 2.45) is 11.8 Å². The molecule has 1 saturated heterocycles. The van der Waals surface area contributed by atoms with Crippen molar-refractivity contribution in [2.75, 3.05) is 19.6 Å². The highest BCUT2D eigenvalue weighted by molar-refractivity contribution is 5.79. The van der Waals surface area contributed by atoms with Crippen LogP contribution in [0.25, 0.3) is 0 Å². The highest BCUT2D eigenvalue weighted by atomic mass is 16.1. The van der Waals surface area contributed by atoms with Gasteiger partial charge in [0.15, 0.2) is 0 Å². The van der Waals surface area contributed by atoms with Crippen LogP contribution >= 0.6 is 0 Å². The fraction of sp³-hybridized carbons (Fsp3) is 0.778. The van der Waals surface area contributed by atoms with Gasteiger partial charge in [-0.1, -0.05) is 0 Å². The zero-order chi connectivity index (χ0) is 9.68. The lowest BCUT2D eigenvalue weighted by Gasteiger charge is -2.10. The second-order valence-corrected chi connectivity index (χ2v) is 3.47. The zero-order valence-corrected chi connectivity index (χ0v) is 7.84. The van der Waals surface area contributed by atoms with Crippen molar-refractivity contribution in [3.63, 3.8) is 0 Å². The van der Waals surface area contributed by atoms with Gasteiger partial charge in [0, 0.05) is 13.1 Å². The molecule has 2 atom stereocenters. The van der Waals surface area contributed by atoms with Crippen LogP contribution < -0.4 is 10.6 Å². The molecule has 0 bridgehead atoms. The van der Waals surface area contributed by atoms with Crippen molar-refractivity contribution in [2.45, 2.75) is 13.3 Å². The molecule has 13 heavy (non-hydrogen) atoms. The van der Waals surface area contributed by atoms with Crippen molar-refractivity contribution in [3.8, 4) is 6.07 Å². The van der Waals surface area contributed by atoms with Crippen molar-refractivity contribution in [3.05, 3.63) is 0 Å². The van der Waals surface area contributed by atoms with Gasteiger partial charge in [-0.2, -0.15) is 5.26 Å². The molecule has 0 aromatic rings. The standard InChI is InChI=1S/C9H15N3O/c1-7(4-10)5-12-9(13)8-2-3-11-6-8/h7-8,11H,2-3,5-6H2,1H3,(H,12,13). The average molecular weight is 181 g/mol. The topological polar surface area (TPSA) is 64.9 Å². The molecule has 1 aliphatic rings. The van der Waals surface area contributed by atoms with Gasteiger partial charge in [0.25, 0.3) is 0 Å². The number of amides is 1. The summed E-state index contributed by atoms with van der Waals surface area (Å²) in [6.07, 6.45) is 0.909. The van der Waals surface area contributed by atoms with Gasteiger partial charge in [-0.05, 0) is 19.9 Å². The highest BCUT2D eigenvalue weighted by Gasteiger charge is 2.21. The third-order valence-electron chi connectivity index (χ3n) is 2.23. The molecule has 0 saturated carbocycles. The normalized spacial score (nSPS) is 23.5. The third-order valence-corrected chi connectivity index (χ3v) is 2.23. The van der Waals surface area contributed by atoms with Crippen molar-refractivity contribution >= 4 is 5.91 Å². The Morgan fingerprint density at radius 3 is 3.15 bits per heavy atom. The van der Waals surface area contributed by atoms with Crippen molar-refractivity contribution in [1.82, 2.24) is 10.6 Å². The molecule has 2 N–H and O–H groups in total. The first-order valence-electron chi connectivity index (χ1n) is 4.62. The predicted octanol–water partition coefficient (Wildman–Crippen LogP) is -0.128. The number of nitriles is 1. The Kier molecular flexibility index (Phi) is 3.71. The monoisotopic (exact) mass is 181 g/mol. The van der Waals surface area contributed by atoms with E-state index in [0.29, 0.717) is 6.54 Å². The van der Waals surface area contributed by atoms with Crippen LogP contribution in [0.2, 0.25) is 0 Å². The molecule has 1 heterocycles. The van der Waals surface area contributed by atoms with Gasteiger partial charge in [-0.25, -0.2) is 0 Å². The number of rotatable bonds is 3. The minimum Gasteiger partial charge on any atom is -0.355 e. The average Bonchev–Trinajstić information content (AvgIpc) is 2.66. The quantitative estimate of drug-likeness (QED) is 0.637. The summed E-state index contributed by atoms with van der Waals surface area (Å²) in [6, 6.07) is 2.08. The van der Waals surface area contributed by atoms with Crippen LogP contribution in [-0.2, 0) is 4.79 Å². The molecule has 0 spiro atoms. The summed E-state index contributed by atoms with van der Waals surface area (Å²) in [6.45, 7) is 3.96. The molecule has 0 aliphatic carbocycles. The number of carbonyl (C=O) groups is 1. The Bertz CT molecular complexity index is 215. The summed E-state index contributed by atoms with van der Waals surface area (Å²) in [4.78, 5) is 11.4. The molecule has 0 aromatic heterocycles. The number of hydrogen-bond acceptors (Lipinski definition) is 3. The van der Waals surface area contributed by atoms with E-state index in [1.165, 1.54) is 0 Å². The summed E-state index contributed by atoms with van der Waals surface area (Å²) in [5.74, 6) is 0.0799. The van der Waals surface area contributed by atoms with E-state index in [2.05, 4.69) is 16.7 Å². The Morgan fingerprint density at radius 1 is 1.85 bits per heavy atom. The Morgan fingerprint density at radius 2 is 2.62 bits per heavy atom. The molecule has 4 nitrogen and oxygen atoms in total. The lowest BCUT2D eigenvalue weighted by Crippen LogP contribution is -2.34. The lowest BCUT2D eigenvalue weighted by atomic mass is 10.1. The van der Waals surface area contributed by atoms with Gasteiger partial charge in [-0.3, -0.25) is 4.79 Å². The summed E-state index contributed by atoms with van der Waals surface area (Å²) in [7, 11) is 0. The van der Waals surface area contributed by atoms with Crippen LogP contribution in [0, 0.1) is 23.2 Å². The van der Waals surface area contributed by atoms with Gasteiger partial charge < -0.3 is 10.6 Å². The van der Waals surface area contributed by atoms with Gasteiger partial charge in [-0.15, -0.1) is 0 Å². The Labute approximate surface area is 78.3 Å². The second kappa shape index (κ2) is 4.83. The van der Waals surface area contributed by atoms with Crippen molar-refractivity contribution in [1.29, 1.82) is 5.26 Å². The molecule has 1 aliphatic heterocycles. The Balaban J connectivity index is 2.21. The number of nitrogens with one attached hydrogen (secondary N) is 2.